The number of amides is 1. The fraction of sp³-hybridized carbons (Fsp3) is 0.467. The maximum Gasteiger partial charge on any atom is 0.340 e. The number of hydrogen-bond acceptors (Lipinski definition) is 6. The lowest BCUT2D eigenvalue weighted by molar-refractivity contribution is -0.134. The van der Waals surface area contributed by atoms with Gasteiger partial charge in [-0.05, 0) is 30.9 Å². The zero-order chi connectivity index (χ0) is 17.9. The summed E-state index contributed by atoms with van der Waals surface area (Å²) >= 11 is 7.45. The van der Waals surface area contributed by atoms with E-state index in [9.17, 15) is 18.0 Å². The van der Waals surface area contributed by atoms with Gasteiger partial charge in [0.1, 0.15) is 0 Å². The molecule has 0 spiro atoms. The number of rotatable bonds is 5. The van der Waals surface area contributed by atoms with Crippen molar-refractivity contribution in [2.75, 3.05) is 31.4 Å². The third-order valence-electron chi connectivity index (χ3n) is 3.87. The average molecular weight is 392 g/mol. The highest BCUT2D eigenvalue weighted by Crippen LogP contribution is 2.24. The molecule has 1 fully saturated rings. The number of esters is 1. The molecule has 132 valence electrons. The van der Waals surface area contributed by atoms with Crippen LogP contribution in [0.2, 0.25) is 5.02 Å². The Labute approximate surface area is 150 Å². The van der Waals surface area contributed by atoms with Gasteiger partial charge in [-0.3, -0.25) is 4.79 Å². The lowest BCUT2D eigenvalue weighted by Crippen LogP contribution is -2.40. The molecule has 9 heteroatoms. The van der Waals surface area contributed by atoms with Crippen LogP contribution in [0.5, 0.6) is 0 Å². The third-order valence-corrected chi connectivity index (χ3v) is 6.67. The smallest absolute Gasteiger partial charge is 0.340 e. The molecule has 0 bridgehead atoms. The molecule has 1 amide bonds. The zero-order valence-electron chi connectivity index (χ0n) is 13.3. The van der Waals surface area contributed by atoms with E-state index in [4.69, 9.17) is 16.3 Å². The van der Waals surface area contributed by atoms with E-state index in [2.05, 4.69) is 0 Å². The minimum absolute atomic E-state index is 0.0508. The SMILES string of the molecule is CSc1ccc(Cl)c(C(=O)OCC(=O)N(C)C2CCS(=O)(=O)C2)c1. The van der Waals surface area contributed by atoms with Gasteiger partial charge < -0.3 is 9.64 Å². The molecule has 1 aliphatic rings. The lowest BCUT2D eigenvalue weighted by atomic mass is 10.2. The fourth-order valence-corrected chi connectivity index (χ4v) is 4.79. The highest BCUT2D eigenvalue weighted by atomic mass is 35.5. The molecule has 1 aromatic rings. The summed E-state index contributed by atoms with van der Waals surface area (Å²) in [6.07, 6.45) is 2.27. The summed E-state index contributed by atoms with van der Waals surface area (Å²) in [6, 6.07) is 4.61. The van der Waals surface area contributed by atoms with Gasteiger partial charge in [0.15, 0.2) is 16.4 Å². The van der Waals surface area contributed by atoms with Crippen molar-refractivity contribution in [3.63, 3.8) is 0 Å². The minimum atomic E-state index is -3.08. The quantitative estimate of drug-likeness (QED) is 0.563. The number of ether oxygens (including phenoxy) is 1. The predicted molar refractivity (Wildman–Crippen MR) is 93.3 cm³/mol. The Morgan fingerprint density at radius 2 is 2.12 bits per heavy atom. The van der Waals surface area contributed by atoms with Gasteiger partial charge in [0.25, 0.3) is 5.91 Å². The van der Waals surface area contributed by atoms with E-state index in [0.717, 1.165) is 4.90 Å². The summed E-state index contributed by atoms with van der Waals surface area (Å²) in [6.45, 7) is -0.453. The molecular weight excluding hydrogens is 374 g/mol. The summed E-state index contributed by atoms with van der Waals surface area (Å²) in [7, 11) is -1.57. The van der Waals surface area contributed by atoms with Crippen LogP contribution >= 0.6 is 23.4 Å². The normalized spacial score (nSPS) is 19.0. The predicted octanol–water partition coefficient (Wildman–Crippen LogP) is 1.86. The second kappa shape index (κ2) is 7.76. The summed E-state index contributed by atoms with van der Waals surface area (Å²) < 4.78 is 28.0. The van der Waals surface area contributed by atoms with E-state index >= 15 is 0 Å². The van der Waals surface area contributed by atoms with E-state index < -0.39 is 28.3 Å². The standard InChI is InChI=1S/C15H18ClNO5S2/c1-17(10-5-6-24(20,21)9-10)14(18)8-22-15(19)12-7-11(23-2)3-4-13(12)16/h3-4,7,10H,5-6,8-9H2,1-2H3. The monoisotopic (exact) mass is 391 g/mol. The van der Waals surface area contributed by atoms with Gasteiger partial charge in [0.05, 0.1) is 22.1 Å². The molecule has 1 unspecified atom stereocenters. The first-order chi connectivity index (χ1) is 11.2. The number of carbonyl (C=O) groups excluding carboxylic acids is 2. The van der Waals surface area contributed by atoms with Crippen LogP contribution in [-0.4, -0.2) is 62.7 Å². The molecule has 0 radical (unpaired) electrons. The van der Waals surface area contributed by atoms with Crippen molar-refractivity contribution < 1.29 is 22.7 Å². The number of thioether (sulfide) groups is 1. The van der Waals surface area contributed by atoms with Gasteiger partial charge in [-0.25, -0.2) is 13.2 Å². The Kier molecular flexibility index (Phi) is 6.17. The number of benzene rings is 1. The molecule has 0 aromatic heterocycles. The van der Waals surface area contributed by atoms with Gasteiger partial charge in [-0.1, -0.05) is 11.6 Å². The van der Waals surface area contributed by atoms with Crippen molar-refractivity contribution in [2.24, 2.45) is 0 Å². The van der Waals surface area contributed by atoms with E-state index in [1.165, 1.54) is 23.7 Å². The van der Waals surface area contributed by atoms with Crippen molar-refractivity contribution in [1.82, 2.24) is 4.90 Å². The second-order valence-corrected chi connectivity index (χ2v) is 9.00. The lowest BCUT2D eigenvalue weighted by Gasteiger charge is -2.23. The Hall–Kier alpha value is -1.25. The van der Waals surface area contributed by atoms with Gasteiger partial charge in [0, 0.05) is 18.0 Å². The summed E-state index contributed by atoms with van der Waals surface area (Å²) in [5.41, 5.74) is 0.197. The summed E-state index contributed by atoms with van der Waals surface area (Å²) in [5, 5.41) is 0.250. The molecule has 1 heterocycles. The van der Waals surface area contributed by atoms with E-state index in [-0.39, 0.29) is 28.1 Å². The molecule has 1 saturated heterocycles. The summed E-state index contributed by atoms with van der Waals surface area (Å²) in [4.78, 5) is 26.4. The van der Waals surface area contributed by atoms with Crippen LogP contribution < -0.4 is 0 Å². The van der Waals surface area contributed by atoms with Crippen molar-refractivity contribution in [2.45, 2.75) is 17.4 Å². The maximum atomic E-state index is 12.1. The number of hydrogen-bond donors (Lipinski definition) is 0. The fourth-order valence-electron chi connectivity index (χ4n) is 2.38. The van der Waals surface area contributed by atoms with Gasteiger partial charge >= 0.3 is 5.97 Å². The maximum absolute atomic E-state index is 12.1. The van der Waals surface area contributed by atoms with Crippen LogP contribution in [0.3, 0.4) is 0 Å². The minimum Gasteiger partial charge on any atom is -0.452 e. The van der Waals surface area contributed by atoms with Crippen LogP contribution in [-0.2, 0) is 19.4 Å². The topological polar surface area (TPSA) is 80.8 Å². The molecule has 1 aliphatic heterocycles. The molecule has 2 rings (SSSR count). The van der Waals surface area contributed by atoms with Crippen LogP contribution in [0.1, 0.15) is 16.8 Å². The summed E-state index contributed by atoms with van der Waals surface area (Å²) in [5.74, 6) is -1.10. The zero-order valence-corrected chi connectivity index (χ0v) is 15.7. The second-order valence-electron chi connectivity index (χ2n) is 5.48. The Balaban J connectivity index is 1.95. The van der Waals surface area contributed by atoms with Crippen molar-refractivity contribution in [3.05, 3.63) is 28.8 Å². The molecule has 1 aromatic carbocycles. The van der Waals surface area contributed by atoms with E-state index in [1.54, 1.807) is 18.2 Å². The molecule has 0 aliphatic carbocycles. The molecular formula is C15H18ClNO5S2. The first-order valence-corrected chi connectivity index (χ1v) is 10.6. The molecule has 24 heavy (non-hydrogen) atoms. The van der Waals surface area contributed by atoms with Gasteiger partial charge in [-0.2, -0.15) is 0 Å². The number of sulfone groups is 1. The highest BCUT2D eigenvalue weighted by Gasteiger charge is 2.33. The number of nitrogens with zero attached hydrogens (tertiary/aromatic N) is 1. The first kappa shape index (κ1) is 19.1. The van der Waals surface area contributed by atoms with Crippen LogP contribution in [0.25, 0.3) is 0 Å². The molecule has 6 nitrogen and oxygen atoms in total. The number of carbonyl (C=O) groups is 2. The van der Waals surface area contributed by atoms with Crippen molar-refractivity contribution in [1.29, 1.82) is 0 Å². The number of likely N-dealkylation sites (N-methyl/N-ethyl adjacent to an activating group) is 1. The molecule has 0 saturated carbocycles. The highest BCUT2D eigenvalue weighted by molar-refractivity contribution is 7.98. The Bertz CT molecular complexity index is 750. The first-order valence-electron chi connectivity index (χ1n) is 7.20. The molecule has 1 atom stereocenters. The van der Waals surface area contributed by atoms with E-state index in [1.807, 2.05) is 6.26 Å². The number of halogens is 1. The Morgan fingerprint density at radius 3 is 2.71 bits per heavy atom. The average Bonchev–Trinajstić information content (AvgIpc) is 2.92. The van der Waals surface area contributed by atoms with Crippen LogP contribution in [0.4, 0.5) is 0 Å². The van der Waals surface area contributed by atoms with Crippen LogP contribution in [0.15, 0.2) is 23.1 Å². The third kappa shape index (κ3) is 4.64. The van der Waals surface area contributed by atoms with Crippen molar-refractivity contribution >= 4 is 45.1 Å². The van der Waals surface area contributed by atoms with Crippen LogP contribution in [0, 0.1) is 0 Å². The van der Waals surface area contributed by atoms with E-state index in [0.29, 0.717) is 6.42 Å². The Morgan fingerprint density at radius 1 is 1.42 bits per heavy atom. The van der Waals surface area contributed by atoms with Crippen molar-refractivity contribution in [3.8, 4) is 0 Å². The largest absolute Gasteiger partial charge is 0.452 e. The van der Waals surface area contributed by atoms with Gasteiger partial charge in [-0.15, -0.1) is 11.8 Å². The molecule has 0 N–H and O–H groups in total. The van der Waals surface area contributed by atoms with Gasteiger partial charge in [0.2, 0.25) is 0 Å².